The topological polar surface area (TPSA) is 82.4 Å². The minimum atomic E-state index is -0.508. The monoisotopic (exact) mass is 531 g/mol. The number of anilines is 1. The highest BCUT2D eigenvalue weighted by molar-refractivity contribution is 8.05. The average Bonchev–Trinajstić information content (AvgIpc) is 3.22. The molecule has 1 aliphatic heterocycles. The van der Waals surface area contributed by atoms with E-state index in [2.05, 4.69) is 5.32 Å². The van der Waals surface area contributed by atoms with Crippen LogP contribution in [-0.4, -0.2) is 30.7 Å². The molecule has 3 aromatic carbocycles. The highest BCUT2D eigenvalue weighted by atomic mass is 35.5. The fourth-order valence-electron chi connectivity index (χ4n) is 3.98. The standard InChI is InChI=1S/C29H26ClN3O3S/c1-19-8-9-21(16-25(19)30)17-26-28(35)33(22-6-4-3-5-7-22)29(37-26)24(18-31)27(34)32-15-14-20-10-12-23(36-2)13-11-20/h3-13,16,26H,14-15,17H2,1-2H3,(H,32,34)/b29-24-. The molecule has 0 saturated carbocycles. The molecule has 1 aliphatic rings. The molecule has 1 atom stereocenters. The van der Waals surface area contributed by atoms with Gasteiger partial charge in [-0.2, -0.15) is 5.26 Å². The molecule has 0 spiro atoms. The van der Waals surface area contributed by atoms with Gasteiger partial charge in [-0.3, -0.25) is 14.5 Å². The lowest BCUT2D eigenvalue weighted by atomic mass is 10.1. The molecule has 1 heterocycles. The number of amides is 2. The number of hydrogen-bond acceptors (Lipinski definition) is 5. The zero-order valence-electron chi connectivity index (χ0n) is 20.5. The Morgan fingerprint density at radius 3 is 2.46 bits per heavy atom. The van der Waals surface area contributed by atoms with Crippen LogP contribution >= 0.6 is 23.4 Å². The Bertz CT molecular complexity index is 1370. The molecule has 1 unspecified atom stereocenters. The third-order valence-electron chi connectivity index (χ3n) is 6.04. The number of rotatable bonds is 8. The largest absolute Gasteiger partial charge is 0.497 e. The zero-order valence-corrected chi connectivity index (χ0v) is 22.1. The molecular formula is C29H26ClN3O3S. The maximum atomic E-state index is 13.6. The van der Waals surface area contributed by atoms with Gasteiger partial charge >= 0.3 is 0 Å². The fourth-order valence-corrected chi connectivity index (χ4v) is 5.49. The Morgan fingerprint density at radius 2 is 1.81 bits per heavy atom. The molecule has 4 rings (SSSR count). The summed E-state index contributed by atoms with van der Waals surface area (Å²) in [7, 11) is 1.61. The third-order valence-corrected chi connectivity index (χ3v) is 7.71. The smallest absolute Gasteiger partial charge is 0.264 e. The van der Waals surface area contributed by atoms with Crippen molar-refractivity contribution in [2.75, 3.05) is 18.6 Å². The number of nitrogens with zero attached hydrogens (tertiary/aromatic N) is 2. The first-order valence-electron chi connectivity index (χ1n) is 11.8. The number of aryl methyl sites for hydroxylation is 1. The molecular weight excluding hydrogens is 506 g/mol. The van der Waals surface area contributed by atoms with Crippen molar-refractivity contribution in [2.24, 2.45) is 0 Å². The Hall–Kier alpha value is -3.73. The summed E-state index contributed by atoms with van der Waals surface area (Å²) in [5.41, 5.74) is 3.43. The summed E-state index contributed by atoms with van der Waals surface area (Å²) in [6.07, 6.45) is 1.02. The van der Waals surface area contributed by atoms with E-state index in [1.807, 2.05) is 73.7 Å². The lowest BCUT2D eigenvalue weighted by Crippen LogP contribution is -2.32. The predicted molar refractivity (Wildman–Crippen MR) is 148 cm³/mol. The van der Waals surface area contributed by atoms with Crippen molar-refractivity contribution in [3.8, 4) is 11.8 Å². The number of ether oxygens (including phenoxy) is 1. The summed E-state index contributed by atoms with van der Waals surface area (Å²) < 4.78 is 5.17. The van der Waals surface area contributed by atoms with Crippen LogP contribution in [-0.2, 0) is 22.4 Å². The van der Waals surface area contributed by atoms with E-state index in [0.717, 1.165) is 22.4 Å². The molecule has 0 aromatic heterocycles. The quantitative estimate of drug-likeness (QED) is 0.309. The maximum absolute atomic E-state index is 13.6. The van der Waals surface area contributed by atoms with Gasteiger partial charge < -0.3 is 10.1 Å². The van der Waals surface area contributed by atoms with E-state index in [9.17, 15) is 14.9 Å². The molecule has 3 aromatic rings. The number of methoxy groups -OCH3 is 1. The van der Waals surface area contributed by atoms with Crippen LogP contribution in [0.15, 0.2) is 83.4 Å². The number of carbonyl (C=O) groups is 2. The van der Waals surface area contributed by atoms with Gasteiger partial charge in [0.2, 0.25) is 5.91 Å². The van der Waals surface area contributed by atoms with Crippen LogP contribution in [0.25, 0.3) is 0 Å². The van der Waals surface area contributed by atoms with Gasteiger partial charge in [0.1, 0.15) is 22.4 Å². The van der Waals surface area contributed by atoms with Gasteiger partial charge in [-0.05, 0) is 66.8 Å². The van der Waals surface area contributed by atoms with E-state index < -0.39 is 11.2 Å². The number of thioether (sulfide) groups is 1. The van der Waals surface area contributed by atoms with Crippen molar-refractivity contribution in [3.05, 3.63) is 105 Å². The highest BCUT2D eigenvalue weighted by Crippen LogP contribution is 2.42. The third kappa shape index (κ3) is 6.16. The van der Waals surface area contributed by atoms with Crippen molar-refractivity contribution >= 4 is 40.9 Å². The van der Waals surface area contributed by atoms with Crippen LogP contribution in [0, 0.1) is 18.3 Å². The molecule has 2 amide bonds. The maximum Gasteiger partial charge on any atom is 0.264 e. The zero-order chi connectivity index (χ0) is 26.4. The first-order valence-corrected chi connectivity index (χ1v) is 13.0. The molecule has 6 nitrogen and oxygen atoms in total. The number of benzene rings is 3. The van der Waals surface area contributed by atoms with Gasteiger partial charge in [0.25, 0.3) is 5.91 Å². The van der Waals surface area contributed by atoms with Crippen molar-refractivity contribution in [1.29, 1.82) is 5.26 Å². The molecule has 37 heavy (non-hydrogen) atoms. The number of carbonyl (C=O) groups excluding carboxylic acids is 2. The minimum absolute atomic E-state index is 0.0821. The fraction of sp³-hybridized carbons (Fsp3) is 0.207. The number of para-hydroxylation sites is 1. The summed E-state index contributed by atoms with van der Waals surface area (Å²) in [6.45, 7) is 2.27. The number of nitrogens with one attached hydrogen (secondary N) is 1. The van der Waals surface area contributed by atoms with E-state index in [1.165, 1.54) is 16.7 Å². The van der Waals surface area contributed by atoms with Gasteiger partial charge in [0, 0.05) is 17.3 Å². The summed E-state index contributed by atoms with van der Waals surface area (Å²) >= 11 is 7.53. The Balaban J connectivity index is 1.57. The number of halogens is 1. The lowest BCUT2D eigenvalue weighted by molar-refractivity contribution is -0.117. The lowest BCUT2D eigenvalue weighted by Gasteiger charge is -2.18. The van der Waals surface area contributed by atoms with E-state index in [0.29, 0.717) is 35.1 Å². The molecule has 0 radical (unpaired) electrons. The molecule has 1 fully saturated rings. The molecule has 1 saturated heterocycles. The molecule has 8 heteroatoms. The number of hydrogen-bond donors (Lipinski definition) is 1. The average molecular weight is 532 g/mol. The summed E-state index contributed by atoms with van der Waals surface area (Å²) in [5, 5.41) is 13.3. The second-order valence-corrected chi connectivity index (χ2v) is 10.1. The molecule has 1 N–H and O–H groups in total. The minimum Gasteiger partial charge on any atom is -0.497 e. The van der Waals surface area contributed by atoms with Crippen molar-refractivity contribution in [2.45, 2.75) is 25.0 Å². The molecule has 0 aliphatic carbocycles. The van der Waals surface area contributed by atoms with Crippen LogP contribution in [0.5, 0.6) is 5.75 Å². The van der Waals surface area contributed by atoms with Crippen molar-refractivity contribution in [3.63, 3.8) is 0 Å². The van der Waals surface area contributed by atoms with Crippen LogP contribution in [0.3, 0.4) is 0 Å². The molecule has 188 valence electrons. The number of nitriles is 1. The van der Waals surface area contributed by atoms with Crippen LogP contribution in [0.1, 0.15) is 16.7 Å². The van der Waals surface area contributed by atoms with Crippen LogP contribution in [0.2, 0.25) is 5.02 Å². The SMILES string of the molecule is COc1ccc(CCNC(=O)/C(C#N)=C2\SC(Cc3ccc(C)c(Cl)c3)C(=O)N2c2ccccc2)cc1. The van der Waals surface area contributed by atoms with Gasteiger partial charge in [0.15, 0.2) is 0 Å². The Morgan fingerprint density at radius 1 is 1.11 bits per heavy atom. The van der Waals surface area contributed by atoms with Gasteiger partial charge in [-0.15, -0.1) is 0 Å². The highest BCUT2D eigenvalue weighted by Gasteiger charge is 2.40. The summed E-state index contributed by atoms with van der Waals surface area (Å²) in [4.78, 5) is 28.1. The van der Waals surface area contributed by atoms with E-state index in [4.69, 9.17) is 16.3 Å². The summed E-state index contributed by atoms with van der Waals surface area (Å²) in [6, 6.07) is 24.4. The second-order valence-electron chi connectivity index (χ2n) is 8.55. The first-order chi connectivity index (χ1) is 17.9. The Kier molecular flexibility index (Phi) is 8.54. The van der Waals surface area contributed by atoms with Gasteiger partial charge in [-0.25, -0.2) is 0 Å². The predicted octanol–water partition coefficient (Wildman–Crippen LogP) is 5.44. The van der Waals surface area contributed by atoms with Crippen molar-refractivity contribution in [1.82, 2.24) is 5.32 Å². The normalized spacial score (nSPS) is 16.3. The van der Waals surface area contributed by atoms with Crippen LogP contribution in [0.4, 0.5) is 5.69 Å². The first kappa shape index (κ1) is 26.3. The second kappa shape index (κ2) is 12.0. The van der Waals surface area contributed by atoms with Crippen molar-refractivity contribution < 1.29 is 14.3 Å². The summed E-state index contributed by atoms with van der Waals surface area (Å²) in [5.74, 6) is 0.0728. The van der Waals surface area contributed by atoms with E-state index >= 15 is 0 Å². The van der Waals surface area contributed by atoms with E-state index in [1.54, 1.807) is 19.2 Å². The van der Waals surface area contributed by atoms with Gasteiger partial charge in [-0.1, -0.05) is 65.8 Å². The van der Waals surface area contributed by atoms with Gasteiger partial charge in [0.05, 0.1) is 12.4 Å². The van der Waals surface area contributed by atoms with Crippen LogP contribution < -0.4 is 15.0 Å². The van der Waals surface area contributed by atoms with E-state index in [-0.39, 0.29) is 11.5 Å². The molecule has 0 bridgehead atoms. The Labute approximate surface area is 225 Å².